The van der Waals surface area contributed by atoms with E-state index in [-0.39, 0.29) is 5.54 Å². The molecule has 0 amide bonds. The van der Waals surface area contributed by atoms with Crippen LogP contribution >= 0.6 is 35.1 Å². The van der Waals surface area contributed by atoms with Crippen LogP contribution in [0.3, 0.4) is 0 Å². The molecule has 5 aliphatic rings. The molecule has 0 spiro atoms. The zero-order valence-corrected chi connectivity index (χ0v) is 30.8. The largest absolute Gasteiger partial charge is 0.493 e. The summed E-state index contributed by atoms with van der Waals surface area (Å²) in [7, 11) is 3.31. The molecule has 260 valence electrons. The van der Waals surface area contributed by atoms with Crippen LogP contribution in [0.5, 0.6) is 5.75 Å². The number of hydrazine groups is 1. The second-order valence-electron chi connectivity index (χ2n) is 14.0. The van der Waals surface area contributed by atoms with E-state index in [0.29, 0.717) is 41.7 Å². The molecular formula is C39H37ClN6O3S2. The number of esters is 1. The Labute approximate surface area is 309 Å². The van der Waals surface area contributed by atoms with Crippen molar-refractivity contribution >= 4 is 68.3 Å². The number of nitrogens with one attached hydrogen (secondary N) is 2. The van der Waals surface area contributed by atoms with Crippen molar-refractivity contribution in [3.05, 3.63) is 93.5 Å². The van der Waals surface area contributed by atoms with Gasteiger partial charge in [0.2, 0.25) is 0 Å². The van der Waals surface area contributed by atoms with E-state index in [1.807, 2.05) is 29.8 Å². The fourth-order valence-electron chi connectivity index (χ4n) is 8.53. The Morgan fingerprint density at radius 1 is 1.12 bits per heavy atom. The summed E-state index contributed by atoms with van der Waals surface area (Å²) in [6, 6.07) is 20.7. The number of aromatic amines is 1. The summed E-state index contributed by atoms with van der Waals surface area (Å²) in [5.41, 5.74) is 10.7. The molecule has 3 aromatic carbocycles. The normalized spacial score (nSPS) is 23.2. The first-order valence-corrected chi connectivity index (χ1v) is 19.9. The van der Waals surface area contributed by atoms with E-state index >= 15 is 0 Å². The van der Waals surface area contributed by atoms with Crippen LogP contribution in [0.25, 0.3) is 27.2 Å². The number of carbonyl (C=O) groups is 1. The third-order valence-electron chi connectivity index (χ3n) is 11.0. The van der Waals surface area contributed by atoms with Gasteiger partial charge in [0.15, 0.2) is 0 Å². The molecule has 2 N–H and O–H groups in total. The number of methoxy groups -OCH3 is 1. The van der Waals surface area contributed by atoms with Crippen molar-refractivity contribution in [3.8, 4) is 11.8 Å². The van der Waals surface area contributed by atoms with Gasteiger partial charge < -0.3 is 19.0 Å². The number of aryl methyl sites for hydroxylation is 2. The molecule has 10 rings (SSSR count). The monoisotopic (exact) mass is 736 g/mol. The second-order valence-corrected chi connectivity index (χ2v) is 16.5. The number of benzene rings is 3. The highest BCUT2D eigenvalue weighted by Gasteiger charge is 2.62. The molecule has 51 heavy (non-hydrogen) atoms. The summed E-state index contributed by atoms with van der Waals surface area (Å²) in [6.45, 7) is 0.463. The molecule has 1 atom stereocenters. The van der Waals surface area contributed by atoms with Gasteiger partial charge in [0.1, 0.15) is 17.5 Å². The number of fused-ring (bicyclic) bond motifs is 7. The van der Waals surface area contributed by atoms with Gasteiger partial charge in [-0.2, -0.15) is 10.4 Å². The van der Waals surface area contributed by atoms with Crippen molar-refractivity contribution in [1.82, 2.24) is 25.2 Å². The molecule has 2 aromatic heterocycles. The first-order valence-electron chi connectivity index (χ1n) is 17.3. The molecule has 9 nitrogen and oxygen atoms in total. The van der Waals surface area contributed by atoms with Gasteiger partial charge in [-0.25, -0.2) is 10.2 Å². The summed E-state index contributed by atoms with van der Waals surface area (Å²) in [5.74, 6) is 3.34. The lowest BCUT2D eigenvalue weighted by Gasteiger charge is -2.66. The number of halogens is 1. The van der Waals surface area contributed by atoms with Gasteiger partial charge in [0, 0.05) is 62.5 Å². The van der Waals surface area contributed by atoms with Crippen molar-refractivity contribution in [1.29, 1.82) is 5.26 Å². The summed E-state index contributed by atoms with van der Waals surface area (Å²) < 4.78 is 13.8. The first kappa shape index (κ1) is 32.8. The number of hydrogen-bond donors (Lipinski definition) is 2. The maximum Gasteiger partial charge on any atom is 0.354 e. The number of nitrogens with zero attached hydrogens (tertiary/aromatic N) is 4. The third kappa shape index (κ3) is 5.41. The average Bonchev–Trinajstić information content (AvgIpc) is 3.78. The van der Waals surface area contributed by atoms with Crippen molar-refractivity contribution in [3.63, 3.8) is 0 Å². The number of aromatic nitrogens is 3. The Morgan fingerprint density at radius 2 is 1.96 bits per heavy atom. The molecule has 0 saturated heterocycles. The zero-order chi connectivity index (χ0) is 34.9. The molecule has 12 heteroatoms. The van der Waals surface area contributed by atoms with Gasteiger partial charge in [0.25, 0.3) is 0 Å². The highest BCUT2D eigenvalue weighted by molar-refractivity contribution is 7.98. The van der Waals surface area contributed by atoms with E-state index in [9.17, 15) is 10.1 Å². The predicted octanol–water partition coefficient (Wildman–Crippen LogP) is 8.02. The maximum atomic E-state index is 13.5. The van der Waals surface area contributed by atoms with Gasteiger partial charge in [0.05, 0.1) is 41.6 Å². The van der Waals surface area contributed by atoms with E-state index in [1.54, 1.807) is 23.5 Å². The SMILES string of the molecule is COC(=O)c1c2c3ccc(Cl)c(c3n1C)C1=C(CSCc3cc([nH]n3)CSc3cc(c4ccccc4c3)OCCC2)N(C23CC(C2)C3)NC1C#N. The fourth-order valence-corrected chi connectivity index (χ4v) is 10.6. The Morgan fingerprint density at radius 3 is 2.75 bits per heavy atom. The van der Waals surface area contributed by atoms with Crippen LogP contribution in [-0.4, -0.2) is 56.8 Å². The second kappa shape index (κ2) is 12.8. The van der Waals surface area contributed by atoms with Crippen LogP contribution in [0.1, 0.15) is 58.7 Å². The molecule has 3 aliphatic carbocycles. The van der Waals surface area contributed by atoms with Crippen LogP contribution in [0.2, 0.25) is 5.02 Å². The number of carbonyl (C=O) groups excluding carboxylic acids is 1. The Hall–Kier alpha value is -4.08. The fraction of sp³-hybridized carbons (Fsp3) is 0.359. The van der Waals surface area contributed by atoms with Gasteiger partial charge in [-0.1, -0.05) is 41.9 Å². The van der Waals surface area contributed by atoms with E-state index in [2.05, 4.69) is 63.1 Å². The van der Waals surface area contributed by atoms with Gasteiger partial charge in [-0.3, -0.25) is 5.10 Å². The van der Waals surface area contributed by atoms with Gasteiger partial charge >= 0.3 is 5.97 Å². The van der Waals surface area contributed by atoms with Crippen molar-refractivity contribution in [2.24, 2.45) is 13.0 Å². The van der Waals surface area contributed by atoms with Crippen LogP contribution in [-0.2, 0) is 29.7 Å². The Kier molecular flexibility index (Phi) is 8.26. The lowest BCUT2D eigenvalue weighted by atomic mass is 9.49. The molecule has 0 radical (unpaired) electrons. The van der Waals surface area contributed by atoms with Crippen LogP contribution in [0.15, 0.2) is 65.2 Å². The first-order chi connectivity index (χ1) is 24.9. The quantitative estimate of drug-likeness (QED) is 0.174. The topological polar surface area (TPSA) is 108 Å². The zero-order valence-electron chi connectivity index (χ0n) is 28.4. The summed E-state index contributed by atoms with van der Waals surface area (Å²) in [4.78, 5) is 14.6. The Bertz CT molecular complexity index is 2290. The number of H-pyrrole nitrogens is 1. The van der Waals surface area contributed by atoms with E-state index in [1.165, 1.54) is 7.11 Å². The predicted molar refractivity (Wildman–Crippen MR) is 203 cm³/mol. The Balaban J connectivity index is 1.19. The van der Waals surface area contributed by atoms with E-state index < -0.39 is 12.0 Å². The van der Waals surface area contributed by atoms with Crippen molar-refractivity contribution in [2.75, 3.05) is 19.5 Å². The molecule has 5 aromatic rings. The van der Waals surface area contributed by atoms with Gasteiger partial charge in [-0.05, 0) is 73.2 Å². The van der Waals surface area contributed by atoms with E-state index in [0.717, 1.165) is 97.0 Å². The molecular weight excluding hydrogens is 700 g/mol. The highest BCUT2D eigenvalue weighted by atomic mass is 35.5. The standard InChI is InChI=1S/C39H37ClN6O3S2/c1-45-36-29-9-10-30(40)34(36)35-31(18-41)44-46(39-15-22(16-39)17-39)32(35)21-50-19-24-13-25(43-42-24)20-51-26-12-23-6-3-4-7-27(23)33(14-26)49-11-5-8-28(29)37(45)38(47)48-2/h3-4,6-7,9-10,12-14,22,31,44H,5,8,11,15-17,19-21H2,1-2H3,(H,42,43). The minimum atomic E-state index is -0.591. The number of rotatable bonds is 2. The minimum Gasteiger partial charge on any atom is -0.493 e. The molecule has 4 heterocycles. The molecule has 3 fully saturated rings. The summed E-state index contributed by atoms with van der Waals surface area (Å²) >= 11 is 10.7. The molecule has 10 bridgehead atoms. The smallest absolute Gasteiger partial charge is 0.354 e. The maximum absolute atomic E-state index is 13.5. The van der Waals surface area contributed by atoms with Crippen LogP contribution < -0.4 is 10.2 Å². The van der Waals surface area contributed by atoms with Crippen molar-refractivity contribution in [2.45, 2.75) is 60.1 Å². The highest BCUT2D eigenvalue weighted by Crippen LogP contribution is 2.62. The summed E-state index contributed by atoms with van der Waals surface area (Å²) in [6.07, 6.45) is 4.64. The van der Waals surface area contributed by atoms with Crippen LogP contribution in [0, 0.1) is 17.2 Å². The average molecular weight is 737 g/mol. The molecule has 1 unspecified atom stereocenters. The number of ether oxygens (including phenoxy) is 2. The molecule has 3 saturated carbocycles. The number of thioether (sulfide) groups is 2. The number of nitriles is 1. The van der Waals surface area contributed by atoms with E-state index in [4.69, 9.17) is 21.1 Å². The number of hydrogen-bond acceptors (Lipinski definition) is 9. The lowest BCUT2D eigenvalue weighted by molar-refractivity contribution is -0.144. The van der Waals surface area contributed by atoms with Crippen LogP contribution in [0.4, 0.5) is 0 Å². The minimum absolute atomic E-state index is 0.0266. The molecule has 2 aliphatic heterocycles. The van der Waals surface area contributed by atoms with Gasteiger partial charge in [-0.15, -0.1) is 23.5 Å². The third-order valence-corrected chi connectivity index (χ3v) is 13.3. The lowest BCUT2D eigenvalue weighted by Crippen LogP contribution is -2.70. The summed E-state index contributed by atoms with van der Waals surface area (Å²) in [5, 5.41) is 24.5. The van der Waals surface area contributed by atoms with Crippen molar-refractivity contribution < 1.29 is 14.3 Å².